The lowest BCUT2D eigenvalue weighted by atomic mass is 10.0. The van der Waals surface area contributed by atoms with Crippen molar-refractivity contribution in [2.45, 2.75) is 18.6 Å². The molecule has 0 radical (unpaired) electrons. The first-order valence-corrected chi connectivity index (χ1v) is 10.1. The lowest BCUT2D eigenvalue weighted by molar-refractivity contribution is -0.155. The van der Waals surface area contributed by atoms with Gasteiger partial charge in [0.05, 0.1) is 17.2 Å². The van der Waals surface area contributed by atoms with Crippen LogP contribution in [0.1, 0.15) is 5.56 Å². The predicted molar refractivity (Wildman–Crippen MR) is 116 cm³/mol. The van der Waals surface area contributed by atoms with Crippen molar-refractivity contribution in [2.24, 2.45) is 4.99 Å². The average molecular weight is 426 g/mol. The van der Waals surface area contributed by atoms with Crippen molar-refractivity contribution in [3.63, 3.8) is 0 Å². The van der Waals surface area contributed by atoms with E-state index in [0.717, 1.165) is 29.1 Å². The van der Waals surface area contributed by atoms with Crippen LogP contribution >= 0.6 is 0 Å². The largest absolute Gasteiger partial charge is 0.405 e. The second-order valence-electron chi connectivity index (χ2n) is 7.77. The molecule has 160 valence electrons. The van der Waals surface area contributed by atoms with Gasteiger partial charge in [-0.2, -0.15) is 13.2 Å². The number of hydrogen-bond acceptors (Lipinski definition) is 5. The third kappa shape index (κ3) is 3.81. The van der Waals surface area contributed by atoms with Gasteiger partial charge in [0.25, 0.3) is 0 Å². The molecule has 0 saturated carbocycles. The molecule has 1 fully saturated rings. The molecule has 0 aliphatic carbocycles. The number of nitrogens with zero attached hydrogens (tertiary/aromatic N) is 4. The quantitative estimate of drug-likeness (QED) is 0.655. The van der Waals surface area contributed by atoms with E-state index in [2.05, 4.69) is 43.8 Å². The van der Waals surface area contributed by atoms with Crippen LogP contribution in [0.25, 0.3) is 22.2 Å². The van der Waals surface area contributed by atoms with E-state index < -0.39 is 12.2 Å². The van der Waals surface area contributed by atoms with Gasteiger partial charge in [-0.05, 0) is 34.9 Å². The van der Waals surface area contributed by atoms with Crippen molar-refractivity contribution in [1.29, 1.82) is 0 Å². The molecule has 1 atom stereocenters. The number of anilines is 2. The van der Waals surface area contributed by atoms with Gasteiger partial charge in [0.15, 0.2) is 0 Å². The summed E-state index contributed by atoms with van der Waals surface area (Å²) < 4.78 is 39.4. The summed E-state index contributed by atoms with van der Waals surface area (Å²) in [5, 5.41) is 5.84. The average Bonchev–Trinajstić information content (AvgIpc) is 3.20. The first-order chi connectivity index (χ1) is 14.9. The molecule has 31 heavy (non-hydrogen) atoms. The molecule has 0 amide bonds. The molecule has 2 aromatic carbocycles. The highest BCUT2D eigenvalue weighted by atomic mass is 19.4. The number of halogens is 3. The van der Waals surface area contributed by atoms with E-state index in [0.29, 0.717) is 23.4 Å². The number of aromatic nitrogens is 2. The lowest BCUT2D eigenvalue weighted by Gasteiger charge is -2.35. The van der Waals surface area contributed by atoms with Gasteiger partial charge < -0.3 is 15.5 Å². The molecular formula is C22H21F3N6. The Hall–Kier alpha value is -3.20. The van der Waals surface area contributed by atoms with Gasteiger partial charge in [-0.15, -0.1) is 0 Å². The van der Waals surface area contributed by atoms with Crippen molar-refractivity contribution < 1.29 is 13.2 Å². The summed E-state index contributed by atoms with van der Waals surface area (Å²) in [7, 11) is 1.77. The molecule has 2 aliphatic rings. The fraction of sp³-hybridized carbons (Fsp3) is 0.318. The number of aliphatic imine (C=N–C) groups is 1. The van der Waals surface area contributed by atoms with Gasteiger partial charge in [0, 0.05) is 38.8 Å². The molecule has 2 N–H and O–H groups in total. The van der Waals surface area contributed by atoms with Crippen LogP contribution < -0.4 is 15.5 Å². The summed E-state index contributed by atoms with van der Waals surface area (Å²) in [6.07, 6.45) is -1.95. The summed E-state index contributed by atoms with van der Waals surface area (Å²) >= 11 is 0. The zero-order valence-corrected chi connectivity index (χ0v) is 16.9. The topological polar surface area (TPSA) is 65.4 Å². The van der Waals surface area contributed by atoms with Gasteiger partial charge in [0.1, 0.15) is 17.7 Å². The van der Waals surface area contributed by atoms with Crippen LogP contribution in [-0.4, -0.2) is 54.7 Å². The first-order valence-electron chi connectivity index (χ1n) is 10.1. The van der Waals surface area contributed by atoms with Crippen molar-refractivity contribution in [1.82, 2.24) is 15.3 Å². The van der Waals surface area contributed by atoms with Gasteiger partial charge in [-0.25, -0.2) is 4.98 Å². The highest BCUT2D eigenvalue weighted by Crippen LogP contribution is 2.31. The van der Waals surface area contributed by atoms with E-state index >= 15 is 0 Å². The number of alkyl halides is 3. The maximum absolute atomic E-state index is 13.1. The molecule has 6 nitrogen and oxygen atoms in total. The zero-order chi connectivity index (χ0) is 21.6. The van der Waals surface area contributed by atoms with Gasteiger partial charge in [-0.1, -0.05) is 18.2 Å². The van der Waals surface area contributed by atoms with Crippen LogP contribution in [0.15, 0.2) is 47.6 Å². The predicted octanol–water partition coefficient (Wildman–Crippen LogP) is 3.63. The zero-order valence-electron chi connectivity index (χ0n) is 16.9. The molecule has 3 heterocycles. The second-order valence-corrected chi connectivity index (χ2v) is 7.77. The number of hydrogen-bond donors (Lipinski definition) is 2. The van der Waals surface area contributed by atoms with Gasteiger partial charge in [0.2, 0.25) is 0 Å². The molecule has 9 heteroatoms. The molecule has 5 rings (SSSR count). The summed E-state index contributed by atoms with van der Waals surface area (Å²) in [5.41, 5.74) is 5.59. The van der Waals surface area contributed by atoms with Crippen molar-refractivity contribution in [3.05, 3.63) is 48.2 Å². The van der Waals surface area contributed by atoms with E-state index in [1.807, 2.05) is 18.2 Å². The van der Waals surface area contributed by atoms with Crippen LogP contribution in [-0.2, 0) is 6.42 Å². The summed E-state index contributed by atoms with van der Waals surface area (Å²) in [6.45, 7) is 0.514. The molecular weight excluding hydrogens is 405 g/mol. The Morgan fingerprint density at radius 3 is 2.71 bits per heavy atom. The monoisotopic (exact) mass is 426 g/mol. The van der Waals surface area contributed by atoms with Crippen molar-refractivity contribution in [2.75, 3.05) is 36.9 Å². The van der Waals surface area contributed by atoms with E-state index in [-0.39, 0.29) is 13.1 Å². The molecule has 1 aromatic heterocycles. The van der Waals surface area contributed by atoms with Crippen LogP contribution in [0.2, 0.25) is 0 Å². The highest BCUT2D eigenvalue weighted by molar-refractivity contribution is 6.03. The van der Waals surface area contributed by atoms with Crippen LogP contribution in [0, 0.1) is 0 Å². The standard InChI is InChI=1S/C22H21F3N6/c1-26-20-10-15-3-2-13(8-17(15)29-20)14-4-5-16-18(9-14)30-21(11-28-16)31-7-6-27-19(12-31)22(23,24)25/h2-5,8-9,11,19,27H,6-7,10,12H2,1H3,(H,26,29). The van der Waals surface area contributed by atoms with Gasteiger partial charge in [-0.3, -0.25) is 9.98 Å². The normalized spacial score (nSPS) is 20.2. The Kier molecular flexibility index (Phi) is 4.77. The Labute approximate surface area is 177 Å². The van der Waals surface area contributed by atoms with Crippen LogP contribution in [0.5, 0.6) is 0 Å². The van der Waals surface area contributed by atoms with Crippen LogP contribution in [0.3, 0.4) is 0 Å². The minimum atomic E-state index is -4.29. The summed E-state index contributed by atoms with van der Waals surface area (Å²) in [5.74, 6) is 1.40. The summed E-state index contributed by atoms with van der Waals surface area (Å²) in [6, 6.07) is 10.4. The van der Waals surface area contributed by atoms with E-state index in [9.17, 15) is 13.2 Å². The minimum Gasteiger partial charge on any atom is -0.352 e. The molecule has 3 aromatic rings. The third-order valence-electron chi connectivity index (χ3n) is 5.77. The van der Waals surface area contributed by atoms with E-state index in [1.165, 1.54) is 5.56 Å². The Balaban J connectivity index is 1.45. The number of amidine groups is 1. The van der Waals surface area contributed by atoms with Crippen molar-refractivity contribution in [3.8, 4) is 11.1 Å². The molecule has 1 saturated heterocycles. The maximum atomic E-state index is 13.1. The van der Waals surface area contributed by atoms with Crippen LogP contribution in [0.4, 0.5) is 24.7 Å². The number of piperazine rings is 1. The molecule has 1 unspecified atom stereocenters. The highest BCUT2D eigenvalue weighted by Gasteiger charge is 2.42. The van der Waals surface area contributed by atoms with Crippen molar-refractivity contribution >= 4 is 28.4 Å². The Bertz CT molecular complexity index is 1170. The maximum Gasteiger partial charge on any atom is 0.405 e. The molecule has 0 spiro atoms. The van der Waals surface area contributed by atoms with Gasteiger partial charge >= 0.3 is 6.18 Å². The van der Waals surface area contributed by atoms with E-state index in [4.69, 9.17) is 0 Å². The molecule has 2 aliphatic heterocycles. The minimum absolute atomic E-state index is 0.179. The number of benzene rings is 2. The number of nitrogens with one attached hydrogen (secondary N) is 2. The number of rotatable bonds is 2. The lowest BCUT2D eigenvalue weighted by Crippen LogP contribution is -2.57. The van der Waals surface area contributed by atoms with E-state index in [1.54, 1.807) is 18.1 Å². The Morgan fingerprint density at radius 2 is 1.90 bits per heavy atom. The first kappa shape index (κ1) is 19.7. The smallest absolute Gasteiger partial charge is 0.352 e. The third-order valence-corrected chi connectivity index (χ3v) is 5.77. The fourth-order valence-electron chi connectivity index (χ4n) is 4.05. The second kappa shape index (κ2) is 7.49. The number of fused-ring (bicyclic) bond motifs is 2. The molecule has 0 bridgehead atoms. The summed E-state index contributed by atoms with van der Waals surface area (Å²) in [4.78, 5) is 14.9. The fourth-order valence-corrected chi connectivity index (χ4v) is 4.05. The SMILES string of the molecule is CN=C1Cc2ccc(-c3ccc4ncc(N5CCNC(C(F)(F)F)C5)nc4c3)cc2N1. The Morgan fingerprint density at radius 1 is 1.10 bits per heavy atom.